The van der Waals surface area contributed by atoms with Crippen LogP contribution in [0.4, 0.5) is 5.82 Å². The highest BCUT2D eigenvalue weighted by molar-refractivity contribution is 7.89. The summed E-state index contributed by atoms with van der Waals surface area (Å²) in [4.78, 5) is 19.9. The lowest BCUT2D eigenvalue weighted by atomic mass is 9.98. The second kappa shape index (κ2) is 10.6. The van der Waals surface area contributed by atoms with Crippen molar-refractivity contribution < 1.29 is 13.2 Å². The number of aromatic nitrogens is 1. The lowest BCUT2D eigenvalue weighted by molar-refractivity contribution is -0.130. The zero-order chi connectivity index (χ0) is 25.2. The SMILES string of the molecule is Cc1cc(C)c(S(=O)(=O)N[C@@H](C)CNC(=O)C2CN(CCc3ccc4c(n3)NCCC4)C2)c(C)c1. The minimum absolute atomic E-state index is 0.0221. The highest BCUT2D eigenvalue weighted by Crippen LogP contribution is 2.23. The zero-order valence-corrected chi connectivity index (χ0v) is 22.0. The molecule has 1 aromatic carbocycles. The number of rotatable bonds is 9. The van der Waals surface area contributed by atoms with E-state index in [0.717, 1.165) is 73.6 Å². The first-order valence-corrected chi connectivity index (χ1v) is 13.9. The minimum Gasteiger partial charge on any atom is -0.370 e. The summed E-state index contributed by atoms with van der Waals surface area (Å²) in [6.07, 6.45) is 3.10. The van der Waals surface area contributed by atoms with Gasteiger partial charge in [-0.25, -0.2) is 18.1 Å². The van der Waals surface area contributed by atoms with Crippen LogP contribution in [0.25, 0.3) is 0 Å². The third-order valence-electron chi connectivity index (χ3n) is 6.78. The van der Waals surface area contributed by atoms with Crippen molar-refractivity contribution in [2.45, 2.75) is 57.9 Å². The van der Waals surface area contributed by atoms with Gasteiger partial charge < -0.3 is 15.5 Å². The number of aryl methyl sites for hydroxylation is 4. The van der Waals surface area contributed by atoms with Gasteiger partial charge in [0.1, 0.15) is 5.82 Å². The fraction of sp³-hybridized carbons (Fsp3) is 0.538. The molecule has 2 aromatic rings. The molecule has 0 spiro atoms. The van der Waals surface area contributed by atoms with Gasteiger partial charge in [-0.2, -0.15) is 0 Å². The molecule has 4 rings (SSSR count). The van der Waals surface area contributed by atoms with E-state index in [0.29, 0.717) is 4.90 Å². The fourth-order valence-electron chi connectivity index (χ4n) is 5.05. The van der Waals surface area contributed by atoms with Crippen molar-refractivity contribution in [3.05, 3.63) is 52.2 Å². The van der Waals surface area contributed by atoms with Crippen LogP contribution in [0, 0.1) is 26.7 Å². The van der Waals surface area contributed by atoms with Crippen LogP contribution in [0.3, 0.4) is 0 Å². The van der Waals surface area contributed by atoms with Gasteiger partial charge in [0.05, 0.1) is 10.8 Å². The molecule has 3 N–H and O–H groups in total. The molecule has 2 aliphatic heterocycles. The van der Waals surface area contributed by atoms with Gasteiger partial charge in [0, 0.05) is 50.9 Å². The van der Waals surface area contributed by atoms with E-state index in [1.165, 1.54) is 5.56 Å². The van der Waals surface area contributed by atoms with Gasteiger partial charge in [-0.1, -0.05) is 23.8 Å². The molecule has 1 fully saturated rings. The Balaban J connectivity index is 1.19. The summed E-state index contributed by atoms with van der Waals surface area (Å²) in [6.45, 7) is 10.9. The van der Waals surface area contributed by atoms with Crippen molar-refractivity contribution in [2.75, 3.05) is 38.0 Å². The van der Waals surface area contributed by atoms with Crippen LogP contribution < -0.4 is 15.4 Å². The number of pyridine rings is 1. The Morgan fingerprint density at radius 1 is 1.20 bits per heavy atom. The highest BCUT2D eigenvalue weighted by Gasteiger charge is 2.32. The molecule has 0 aliphatic carbocycles. The Hall–Kier alpha value is -2.49. The van der Waals surface area contributed by atoms with Crippen molar-refractivity contribution in [3.63, 3.8) is 0 Å². The largest absolute Gasteiger partial charge is 0.370 e. The molecule has 190 valence electrons. The number of hydrogen-bond acceptors (Lipinski definition) is 6. The molecule has 1 aromatic heterocycles. The maximum Gasteiger partial charge on any atom is 0.241 e. The van der Waals surface area contributed by atoms with Crippen LogP contribution >= 0.6 is 0 Å². The first-order valence-electron chi connectivity index (χ1n) is 12.5. The maximum atomic E-state index is 12.9. The molecule has 0 saturated carbocycles. The first kappa shape index (κ1) is 25.6. The van der Waals surface area contributed by atoms with Crippen LogP contribution in [0.1, 0.15) is 41.3 Å². The summed E-state index contributed by atoms with van der Waals surface area (Å²) in [5.41, 5.74) is 4.85. The summed E-state index contributed by atoms with van der Waals surface area (Å²) in [5, 5.41) is 6.29. The number of hydrogen-bond donors (Lipinski definition) is 3. The number of fused-ring (bicyclic) bond motifs is 1. The molecule has 8 nitrogen and oxygen atoms in total. The first-order chi connectivity index (χ1) is 16.6. The van der Waals surface area contributed by atoms with Crippen molar-refractivity contribution in [2.24, 2.45) is 5.92 Å². The minimum atomic E-state index is -3.67. The summed E-state index contributed by atoms with van der Waals surface area (Å²) < 4.78 is 28.5. The number of sulfonamides is 1. The molecule has 1 saturated heterocycles. The number of nitrogens with zero attached hydrogens (tertiary/aromatic N) is 2. The van der Waals surface area contributed by atoms with E-state index in [1.807, 2.05) is 32.9 Å². The van der Waals surface area contributed by atoms with Gasteiger partial charge in [0.15, 0.2) is 0 Å². The third kappa shape index (κ3) is 6.20. The van der Waals surface area contributed by atoms with E-state index < -0.39 is 16.1 Å². The van der Waals surface area contributed by atoms with Crippen molar-refractivity contribution >= 4 is 21.7 Å². The van der Waals surface area contributed by atoms with E-state index in [1.54, 1.807) is 6.92 Å². The summed E-state index contributed by atoms with van der Waals surface area (Å²) in [6, 6.07) is 7.61. The molecular weight excluding hydrogens is 462 g/mol. The lowest BCUT2D eigenvalue weighted by Crippen LogP contribution is -2.55. The Morgan fingerprint density at radius 3 is 2.63 bits per heavy atom. The number of amides is 1. The van der Waals surface area contributed by atoms with Crippen LogP contribution in [-0.2, 0) is 27.7 Å². The quantitative estimate of drug-likeness (QED) is 0.489. The molecule has 0 bridgehead atoms. The molecule has 3 heterocycles. The summed E-state index contributed by atoms with van der Waals surface area (Å²) in [5.74, 6) is 0.941. The standard InChI is InChI=1S/C26H37N5O3S/c1-17-12-18(2)24(19(3)13-17)35(33,34)30-20(4)14-28-26(32)22-15-31(16-22)11-9-23-8-7-21-6-5-10-27-25(21)29-23/h7-8,12-13,20,22,30H,5-6,9-11,14-16H2,1-4H3,(H,27,29)(H,28,32)/t20-/m0/s1. The number of benzene rings is 1. The van der Waals surface area contributed by atoms with Crippen molar-refractivity contribution in [1.82, 2.24) is 19.9 Å². The zero-order valence-electron chi connectivity index (χ0n) is 21.1. The average Bonchev–Trinajstić information content (AvgIpc) is 2.75. The fourth-order valence-corrected chi connectivity index (χ4v) is 6.75. The van der Waals surface area contributed by atoms with E-state index in [-0.39, 0.29) is 18.4 Å². The molecule has 35 heavy (non-hydrogen) atoms. The predicted octanol–water partition coefficient (Wildman–Crippen LogP) is 2.32. The summed E-state index contributed by atoms with van der Waals surface area (Å²) in [7, 11) is -3.67. The number of likely N-dealkylation sites (tertiary alicyclic amines) is 1. The number of anilines is 1. The molecule has 0 unspecified atom stereocenters. The van der Waals surface area contributed by atoms with E-state index in [2.05, 4.69) is 32.4 Å². The number of carbonyl (C=O) groups excluding carboxylic acids is 1. The summed E-state index contributed by atoms with van der Waals surface area (Å²) >= 11 is 0. The van der Waals surface area contributed by atoms with E-state index >= 15 is 0 Å². The van der Waals surface area contributed by atoms with E-state index in [4.69, 9.17) is 4.98 Å². The Bertz CT molecular complexity index is 1170. The van der Waals surface area contributed by atoms with Gasteiger partial charge in [0.2, 0.25) is 15.9 Å². The number of nitrogens with one attached hydrogen (secondary N) is 3. The Kier molecular flexibility index (Phi) is 7.78. The molecular formula is C26H37N5O3S. The molecule has 1 amide bonds. The Labute approximate surface area is 209 Å². The van der Waals surface area contributed by atoms with Crippen LogP contribution in [0.2, 0.25) is 0 Å². The molecule has 1 atom stereocenters. The molecule has 9 heteroatoms. The van der Waals surface area contributed by atoms with Crippen molar-refractivity contribution in [1.29, 1.82) is 0 Å². The van der Waals surface area contributed by atoms with Gasteiger partial charge in [-0.3, -0.25) is 4.79 Å². The highest BCUT2D eigenvalue weighted by atomic mass is 32.2. The maximum absolute atomic E-state index is 12.9. The smallest absolute Gasteiger partial charge is 0.241 e. The van der Waals surface area contributed by atoms with Gasteiger partial charge in [0.25, 0.3) is 0 Å². The topological polar surface area (TPSA) is 103 Å². The lowest BCUT2D eigenvalue weighted by Gasteiger charge is -2.38. The van der Waals surface area contributed by atoms with Crippen molar-refractivity contribution in [3.8, 4) is 0 Å². The third-order valence-corrected chi connectivity index (χ3v) is 8.67. The average molecular weight is 500 g/mol. The Morgan fingerprint density at radius 2 is 1.91 bits per heavy atom. The second-order valence-electron chi connectivity index (χ2n) is 10.0. The van der Waals surface area contributed by atoms with Crippen LogP contribution in [0.5, 0.6) is 0 Å². The second-order valence-corrected chi connectivity index (χ2v) is 11.7. The monoisotopic (exact) mass is 499 g/mol. The normalized spacial score (nSPS) is 17.3. The van der Waals surface area contributed by atoms with E-state index in [9.17, 15) is 13.2 Å². The van der Waals surface area contributed by atoms with Gasteiger partial charge in [-0.05, 0) is 63.3 Å². The van der Waals surface area contributed by atoms with Crippen LogP contribution in [-0.4, -0.2) is 63.0 Å². The van der Waals surface area contributed by atoms with Gasteiger partial charge >= 0.3 is 0 Å². The number of carbonyl (C=O) groups is 1. The van der Waals surface area contributed by atoms with Gasteiger partial charge in [-0.15, -0.1) is 0 Å². The molecule has 0 radical (unpaired) electrons. The molecule has 2 aliphatic rings. The predicted molar refractivity (Wildman–Crippen MR) is 138 cm³/mol. The van der Waals surface area contributed by atoms with Crippen LogP contribution in [0.15, 0.2) is 29.2 Å².